The summed E-state index contributed by atoms with van der Waals surface area (Å²) in [5.74, 6) is 0. The molecule has 46 valence electrons. The van der Waals surface area contributed by atoms with Gasteiger partial charge in [-0.25, -0.2) is 0 Å². The van der Waals surface area contributed by atoms with E-state index < -0.39 is 0 Å². The van der Waals surface area contributed by atoms with Crippen LogP contribution in [-0.2, 0) is 0 Å². The molecule has 1 nitrogen and oxygen atoms in total. The summed E-state index contributed by atoms with van der Waals surface area (Å²) in [4.78, 5) is 4.16. The summed E-state index contributed by atoms with van der Waals surface area (Å²) in [6, 6.07) is 0. The Morgan fingerprint density at radius 3 is 2.75 bits per heavy atom. The van der Waals surface area contributed by atoms with E-state index >= 15 is 0 Å². The minimum absolute atomic E-state index is 0.928. The second kappa shape index (κ2) is 4.57. The minimum Gasteiger partial charge on any atom is -0.290 e. The lowest BCUT2D eigenvalue weighted by Gasteiger charge is -1.87. The Morgan fingerprint density at radius 1 is 1.75 bits per heavy atom. The van der Waals surface area contributed by atoms with Crippen molar-refractivity contribution in [2.45, 2.75) is 20.3 Å². The van der Waals surface area contributed by atoms with Crippen molar-refractivity contribution in [3.05, 3.63) is 12.7 Å². The molecule has 0 aliphatic carbocycles. The molecule has 0 N–H and O–H groups in total. The minimum atomic E-state index is 0.928. The first kappa shape index (κ1) is 7.41. The second-order valence-corrected chi connectivity index (χ2v) is 1.73. The summed E-state index contributed by atoms with van der Waals surface area (Å²) >= 11 is 0. The van der Waals surface area contributed by atoms with E-state index in [-0.39, 0.29) is 0 Å². The number of allylic oxidation sites excluding steroid dienone is 1. The Kier molecular flexibility index (Phi) is 4.23. The number of aliphatic imine (C=N–C) groups is 1. The third-order valence-electron chi connectivity index (χ3n) is 0.880. The zero-order valence-electron chi connectivity index (χ0n) is 5.65. The van der Waals surface area contributed by atoms with Crippen LogP contribution in [0.3, 0.4) is 0 Å². The fourth-order valence-electron chi connectivity index (χ4n) is 0.353. The highest BCUT2D eigenvalue weighted by molar-refractivity contribution is 5.92. The molecule has 0 rings (SSSR count). The topological polar surface area (TPSA) is 12.4 Å². The molecule has 0 saturated heterocycles. The first-order chi connectivity index (χ1) is 3.81. The summed E-state index contributed by atoms with van der Waals surface area (Å²) < 4.78 is 0. The molecule has 0 fully saturated rings. The van der Waals surface area contributed by atoms with E-state index in [4.69, 9.17) is 0 Å². The molecule has 0 aliphatic rings. The Morgan fingerprint density at radius 2 is 2.38 bits per heavy atom. The van der Waals surface area contributed by atoms with Crippen molar-refractivity contribution in [1.29, 1.82) is 0 Å². The number of nitrogens with zero attached hydrogens (tertiary/aromatic N) is 1. The summed E-state index contributed by atoms with van der Waals surface area (Å²) in [6.07, 6.45) is 2.89. The molecule has 0 aromatic heterocycles. The van der Waals surface area contributed by atoms with Gasteiger partial charge in [0.15, 0.2) is 0 Å². The zero-order chi connectivity index (χ0) is 6.41. The van der Waals surface area contributed by atoms with Gasteiger partial charge in [-0.15, -0.1) is 0 Å². The lowest BCUT2D eigenvalue weighted by Crippen LogP contribution is -1.85. The van der Waals surface area contributed by atoms with Crippen LogP contribution in [0.25, 0.3) is 0 Å². The van der Waals surface area contributed by atoms with Gasteiger partial charge in [0.2, 0.25) is 0 Å². The SMILES string of the molecule is C=CC(C)=NCCC. The smallest absolute Gasteiger partial charge is 0.0389 e. The fourth-order valence-corrected chi connectivity index (χ4v) is 0.353. The van der Waals surface area contributed by atoms with Gasteiger partial charge in [0.25, 0.3) is 0 Å². The highest BCUT2D eigenvalue weighted by atomic mass is 14.7. The molecule has 0 unspecified atom stereocenters. The van der Waals surface area contributed by atoms with Crippen LogP contribution in [0.5, 0.6) is 0 Å². The van der Waals surface area contributed by atoms with Gasteiger partial charge in [0.05, 0.1) is 0 Å². The maximum atomic E-state index is 4.16. The van der Waals surface area contributed by atoms with Gasteiger partial charge in [0.1, 0.15) is 0 Å². The van der Waals surface area contributed by atoms with Crippen molar-refractivity contribution in [3.8, 4) is 0 Å². The Labute approximate surface area is 51.1 Å². The van der Waals surface area contributed by atoms with Gasteiger partial charge < -0.3 is 0 Å². The van der Waals surface area contributed by atoms with Crippen LogP contribution in [0.4, 0.5) is 0 Å². The molecule has 0 heterocycles. The average molecular weight is 111 g/mol. The van der Waals surface area contributed by atoms with E-state index in [9.17, 15) is 0 Å². The summed E-state index contributed by atoms with van der Waals surface area (Å²) in [6.45, 7) is 8.58. The van der Waals surface area contributed by atoms with Gasteiger partial charge >= 0.3 is 0 Å². The van der Waals surface area contributed by atoms with Crippen molar-refractivity contribution in [1.82, 2.24) is 0 Å². The van der Waals surface area contributed by atoms with E-state index in [1.807, 2.05) is 6.92 Å². The maximum Gasteiger partial charge on any atom is 0.0389 e. The molecule has 1 heteroatoms. The molecular weight excluding hydrogens is 98.1 g/mol. The monoisotopic (exact) mass is 111 g/mol. The van der Waals surface area contributed by atoms with Crippen LogP contribution in [0.15, 0.2) is 17.6 Å². The molecule has 0 spiro atoms. The van der Waals surface area contributed by atoms with Crippen LogP contribution < -0.4 is 0 Å². The molecule has 0 radical (unpaired) electrons. The van der Waals surface area contributed by atoms with Gasteiger partial charge in [-0.05, 0) is 19.4 Å². The van der Waals surface area contributed by atoms with Gasteiger partial charge in [-0.3, -0.25) is 4.99 Å². The van der Waals surface area contributed by atoms with Crippen LogP contribution in [0, 0.1) is 0 Å². The van der Waals surface area contributed by atoms with E-state index in [0.29, 0.717) is 0 Å². The second-order valence-electron chi connectivity index (χ2n) is 1.73. The first-order valence-electron chi connectivity index (χ1n) is 2.94. The van der Waals surface area contributed by atoms with E-state index in [0.717, 1.165) is 18.7 Å². The normalized spacial score (nSPS) is 11.5. The lowest BCUT2D eigenvalue weighted by atomic mass is 10.4. The van der Waals surface area contributed by atoms with E-state index in [2.05, 4.69) is 18.5 Å². The number of rotatable bonds is 3. The average Bonchev–Trinajstić information content (AvgIpc) is 1.83. The first-order valence-corrected chi connectivity index (χ1v) is 2.94. The highest BCUT2D eigenvalue weighted by Crippen LogP contribution is 1.81. The molecule has 0 aliphatic heterocycles. The summed E-state index contributed by atoms with van der Waals surface area (Å²) in [5, 5.41) is 0. The van der Waals surface area contributed by atoms with Crippen LogP contribution in [0.1, 0.15) is 20.3 Å². The number of hydrogen-bond donors (Lipinski definition) is 0. The lowest BCUT2D eigenvalue weighted by molar-refractivity contribution is 0.932. The molecule has 0 bridgehead atoms. The molecule has 0 saturated carbocycles. The van der Waals surface area contributed by atoms with Crippen molar-refractivity contribution < 1.29 is 0 Å². The zero-order valence-corrected chi connectivity index (χ0v) is 5.65. The number of hydrogen-bond acceptors (Lipinski definition) is 1. The van der Waals surface area contributed by atoms with Gasteiger partial charge in [0, 0.05) is 12.3 Å². The van der Waals surface area contributed by atoms with E-state index in [1.165, 1.54) is 0 Å². The molecular formula is C7H13N. The van der Waals surface area contributed by atoms with Gasteiger partial charge in [-0.1, -0.05) is 13.5 Å². The van der Waals surface area contributed by atoms with Crippen molar-refractivity contribution in [2.24, 2.45) is 4.99 Å². The Bertz CT molecular complexity index is 92.6. The summed E-state index contributed by atoms with van der Waals surface area (Å²) in [7, 11) is 0. The highest BCUT2D eigenvalue weighted by Gasteiger charge is 1.76. The molecule has 0 aromatic rings. The quantitative estimate of drug-likeness (QED) is 0.494. The summed E-state index contributed by atoms with van der Waals surface area (Å²) in [5.41, 5.74) is 1.03. The molecule has 0 aromatic carbocycles. The van der Waals surface area contributed by atoms with Gasteiger partial charge in [-0.2, -0.15) is 0 Å². The standard InChI is InChI=1S/C7H13N/c1-4-6-8-7(3)5-2/h5H,2,4,6H2,1,3H3. The van der Waals surface area contributed by atoms with Crippen LogP contribution >= 0.6 is 0 Å². The largest absolute Gasteiger partial charge is 0.290 e. The van der Waals surface area contributed by atoms with Crippen molar-refractivity contribution >= 4 is 5.71 Å². The fraction of sp³-hybridized carbons (Fsp3) is 0.571. The third-order valence-corrected chi connectivity index (χ3v) is 0.880. The Balaban J connectivity index is 3.40. The van der Waals surface area contributed by atoms with Crippen molar-refractivity contribution in [3.63, 3.8) is 0 Å². The predicted octanol–water partition coefficient (Wildman–Crippen LogP) is 2.04. The van der Waals surface area contributed by atoms with Crippen molar-refractivity contribution in [2.75, 3.05) is 6.54 Å². The molecule has 8 heavy (non-hydrogen) atoms. The predicted molar refractivity (Wildman–Crippen MR) is 38.5 cm³/mol. The third kappa shape index (κ3) is 3.59. The molecule has 0 atom stereocenters. The van der Waals surface area contributed by atoms with Crippen LogP contribution in [0.2, 0.25) is 0 Å². The van der Waals surface area contributed by atoms with Crippen LogP contribution in [-0.4, -0.2) is 12.3 Å². The molecule has 0 amide bonds. The maximum absolute atomic E-state index is 4.16. The Hall–Kier alpha value is -0.590. The van der Waals surface area contributed by atoms with E-state index in [1.54, 1.807) is 6.08 Å².